The molecular weight excluding hydrogens is 208 g/mol. The van der Waals surface area contributed by atoms with E-state index in [9.17, 15) is 0 Å². The maximum absolute atomic E-state index is 8.82. The van der Waals surface area contributed by atoms with Gasteiger partial charge in [-0.05, 0) is 11.4 Å². The van der Waals surface area contributed by atoms with Gasteiger partial charge in [0.25, 0.3) is 0 Å². The minimum absolute atomic E-state index is 0.0330. The largest absolute Gasteiger partial charge is 0.390 e. The molecular formula is C8H7ClN2OS. The Labute approximate surface area is 84.0 Å². The van der Waals surface area contributed by atoms with Crippen LogP contribution >= 0.6 is 22.9 Å². The fourth-order valence-electron chi connectivity index (χ4n) is 1.04. The first-order valence-electron chi connectivity index (χ1n) is 3.69. The second-order valence-electron chi connectivity index (χ2n) is 2.52. The molecule has 2 N–H and O–H groups in total. The van der Waals surface area contributed by atoms with Crippen molar-refractivity contribution in [2.24, 2.45) is 0 Å². The third kappa shape index (κ3) is 1.60. The lowest BCUT2D eigenvalue weighted by atomic mass is 10.3. The number of thiophene rings is 1. The van der Waals surface area contributed by atoms with Crippen LogP contribution in [0.15, 0.2) is 17.6 Å². The zero-order valence-electron chi connectivity index (χ0n) is 6.62. The van der Waals surface area contributed by atoms with Crippen LogP contribution in [0.2, 0.25) is 4.34 Å². The Morgan fingerprint density at radius 1 is 1.62 bits per heavy atom. The van der Waals surface area contributed by atoms with Gasteiger partial charge in [-0.15, -0.1) is 11.3 Å². The van der Waals surface area contributed by atoms with Gasteiger partial charge < -0.3 is 10.1 Å². The van der Waals surface area contributed by atoms with E-state index in [-0.39, 0.29) is 6.61 Å². The third-order valence-electron chi connectivity index (χ3n) is 1.67. The molecule has 0 amide bonds. The highest BCUT2D eigenvalue weighted by Gasteiger charge is 2.07. The van der Waals surface area contributed by atoms with Crippen molar-refractivity contribution in [1.82, 2.24) is 9.97 Å². The van der Waals surface area contributed by atoms with Crippen LogP contribution in [0.4, 0.5) is 0 Å². The van der Waals surface area contributed by atoms with Gasteiger partial charge >= 0.3 is 0 Å². The number of H-pyrrole nitrogens is 1. The number of nitrogens with one attached hydrogen (secondary N) is 1. The van der Waals surface area contributed by atoms with Gasteiger partial charge in [-0.1, -0.05) is 11.6 Å². The molecule has 2 aromatic heterocycles. The van der Waals surface area contributed by atoms with Crippen molar-refractivity contribution < 1.29 is 5.11 Å². The highest BCUT2D eigenvalue weighted by molar-refractivity contribution is 7.15. The van der Waals surface area contributed by atoms with E-state index < -0.39 is 0 Å². The van der Waals surface area contributed by atoms with Gasteiger partial charge in [-0.2, -0.15) is 0 Å². The van der Waals surface area contributed by atoms with Crippen LogP contribution in [-0.4, -0.2) is 15.1 Å². The molecule has 0 aliphatic rings. The zero-order valence-corrected chi connectivity index (χ0v) is 8.19. The molecule has 0 spiro atoms. The Bertz CT molecular complexity index is 410. The van der Waals surface area contributed by atoms with Crippen molar-refractivity contribution in [3.05, 3.63) is 27.7 Å². The minimum Gasteiger partial charge on any atom is -0.390 e. The number of aromatic nitrogens is 2. The normalized spacial score (nSPS) is 10.6. The summed E-state index contributed by atoms with van der Waals surface area (Å²) < 4.78 is 0.707. The van der Waals surface area contributed by atoms with Gasteiger partial charge in [-0.3, -0.25) is 0 Å². The molecule has 0 unspecified atom stereocenters. The number of aliphatic hydroxyl groups excluding tert-OH is 1. The van der Waals surface area contributed by atoms with Crippen LogP contribution in [0.5, 0.6) is 0 Å². The van der Waals surface area contributed by atoms with E-state index in [0.29, 0.717) is 15.9 Å². The van der Waals surface area contributed by atoms with E-state index in [4.69, 9.17) is 16.7 Å². The predicted molar refractivity (Wildman–Crippen MR) is 52.8 cm³/mol. The fourth-order valence-corrected chi connectivity index (χ4v) is 1.96. The van der Waals surface area contributed by atoms with Crippen molar-refractivity contribution in [2.75, 3.05) is 0 Å². The van der Waals surface area contributed by atoms with Gasteiger partial charge in [0.1, 0.15) is 10.2 Å². The Balaban J connectivity index is 2.41. The van der Waals surface area contributed by atoms with Gasteiger partial charge in [0, 0.05) is 5.56 Å². The smallest absolute Gasteiger partial charge is 0.139 e. The van der Waals surface area contributed by atoms with Gasteiger partial charge in [0.05, 0.1) is 18.5 Å². The molecule has 0 saturated carbocycles. The maximum atomic E-state index is 8.82. The molecule has 0 bridgehead atoms. The molecule has 5 heteroatoms. The molecule has 0 atom stereocenters. The SMILES string of the molecule is OCc1cnc(-c2ccsc2Cl)[nH]1. The minimum atomic E-state index is -0.0330. The van der Waals surface area contributed by atoms with Crippen molar-refractivity contribution in [3.8, 4) is 11.4 Å². The number of halogens is 1. The van der Waals surface area contributed by atoms with E-state index in [1.807, 2.05) is 11.4 Å². The quantitative estimate of drug-likeness (QED) is 0.806. The number of hydrogen-bond acceptors (Lipinski definition) is 3. The van der Waals surface area contributed by atoms with E-state index in [1.165, 1.54) is 11.3 Å². The molecule has 68 valence electrons. The number of aromatic amines is 1. The maximum Gasteiger partial charge on any atom is 0.139 e. The Morgan fingerprint density at radius 2 is 2.46 bits per heavy atom. The summed E-state index contributed by atoms with van der Waals surface area (Å²) in [6.07, 6.45) is 1.60. The number of hydrogen-bond donors (Lipinski definition) is 2. The lowest BCUT2D eigenvalue weighted by Gasteiger charge is -1.91. The van der Waals surface area contributed by atoms with E-state index in [2.05, 4.69) is 9.97 Å². The summed E-state index contributed by atoms with van der Waals surface area (Å²) in [6, 6.07) is 1.90. The summed E-state index contributed by atoms with van der Waals surface area (Å²) >= 11 is 7.38. The standard InChI is InChI=1S/C8H7ClN2OS/c9-7-6(1-2-13-7)8-10-3-5(4-12)11-8/h1-3,12H,4H2,(H,10,11). The molecule has 2 rings (SSSR count). The number of rotatable bonds is 2. The summed E-state index contributed by atoms with van der Waals surface area (Å²) in [6.45, 7) is -0.0330. The summed E-state index contributed by atoms with van der Waals surface area (Å²) in [5.41, 5.74) is 1.57. The van der Waals surface area contributed by atoms with E-state index in [1.54, 1.807) is 6.20 Å². The molecule has 2 heterocycles. The monoisotopic (exact) mass is 214 g/mol. The molecule has 0 aliphatic heterocycles. The molecule has 13 heavy (non-hydrogen) atoms. The Morgan fingerprint density at radius 3 is 3.00 bits per heavy atom. The molecule has 2 aromatic rings. The highest BCUT2D eigenvalue weighted by Crippen LogP contribution is 2.30. The number of imidazole rings is 1. The van der Waals surface area contributed by atoms with Crippen LogP contribution in [0.1, 0.15) is 5.69 Å². The lowest BCUT2D eigenvalue weighted by molar-refractivity contribution is 0.277. The van der Waals surface area contributed by atoms with Crippen LogP contribution in [0.25, 0.3) is 11.4 Å². The molecule has 0 aromatic carbocycles. The first-order chi connectivity index (χ1) is 6.31. The highest BCUT2D eigenvalue weighted by atomic mass is 35.5. The molecule has 0 radical (unpaired) electrons. The average Bonchev–Trinajstić information content (AvgIpc) is 2.71. The first-order valence-corrected chi connectivity index (χ1v) is 4.95. The van der Waals surface area contributed by atoms with Crippen molar-refractivity contribution in [1.29, 1.82) is 0 Å². The summed E-state index contributed by atoms with van der Waals surface area (Å²) in [7, 11) is 0. The van der Waals surface area contributed by atoms with Crippen LogP contribution in [0, 0.1) is 0 Å². The van der Waals surface area contributed by atoms with Crippen LogP contribution in [0.3, 0.4) is 0 Å². The van der Waals surface area contributed by atoms with Crippen molar-refractivity contribution >= 4 is 22.9 Å². The molecule has 0 aliphatic carbocycles. The number of aliphatic hydroxyl groups is 1. The topological polar surface area (TPSA) is 48.9 Å². The Hall–Kier alpha value is -0.840. The lowest BCUT2D eigenvalue weighted by Crippen LogP contribution is -1.81. The van der Waals surface area contributed by atoms with E-state index >= 15 is 0 Å². The van der Waals surface area contributed by atoms with Crippen LogP contribution < -0.4 is 0 Å². The van der Waals surface area contributed by atoms with E-state index in [0.717, 1.165) is 5.56 Å². The number of nitrogens with zero attached hydrogens (tertiary/aromatic N) is 1. The van der Waals surface area contributed by atoms with Crippen molar-refractivity contribution in [3.63, 3.8) is 0 Å². The van der Waals surface area contributed by atoms with Gasteiger partial charge in [-0.25, -0.2) is 4.98 Å². The second kappa shape index (κ2) is 3.49. The fraction of sp³-hybridized carbons (Fsp3) is 0.125. The third-order valence-corrected chi connectivity index (χ3v) is 2.84. The van der Waals surface area contributed by atoms with Crippen LogP contribution in [-0.2, 0) is 6.61 Å². The summed E-state index contributed by atoms with van der Waals surface area (Å²) in [5, 5.41) is 10.7. The first kappa shape index (κ1) is 8.74. The van der Waals surface area contributed by atoms with Crippen molar-refractivity contribution in [2.45, 2.75) is 6.61 Å². The zero-order chi connectivity index (χ0) is 9.26. The molecule has 3 nitrogen and oxygen atoms in total. The Kier molecular flexibility index (Phi) is 2.35. The molecule has 0 fully saturated rings. The second-order valence-corrected chi connectivity index (χ2v) is 4.04. The predicted octanol–water partition coefficient (Wildman–Crippen LogP) is 2.28. The van der Waals surface area contributed by atoms with Gasteiger partial charge in [0.2, 0.25) is 0 Å². The summed E-state index contributed by atoms with van der Waals surface area (Å²) in [5.74, 6) is 0.704. The summed E-state index contributed by atoms with van der Waals surface area (Å²) in [4.78, 5) is 7.06. The average molecular weight is 215 g/mol. The van der Waals surface area contributed by atoms with Gasteiger partial charge in [0.15, 0.2) is 0 Å². The molecule has 0 saturated heterocycles.